The molecule has 0 aliphatic heterocycles. The largest absolute Gasteiger partial charge is 0.371 e. The Labute approximate surface area is 125 Å². The molecule has 1 amide bonds. The van der Waals surface area contributed by atoms with E-state index < -0.39 is 5.54 Å². The Morgan fingerprint density at radius 3 is 2.60 bits per heavy atom. The number of nitrogens with one attached hydrogen (secondary N) is 1. The molecule has 3 nitrogen and oxygen atoms in total. The summed E-state index contributed by atoms with van der Waals surface area (Å²) in [4.78, 5) is 12.0. The summed E-state index contributed by atoms with van der Waals surface area (Å²) in [5.74, 6) is 0.856. The predicted octanol–water partition coefficient (Wildman–Crippen LogP) is 3.82. The molecule has 1 fully saturated rings. The summed E-state index contributed by atoms with van der Waals surface area (Å²) in [5, 5.41) is 4.06. The summed E-state index contributed by atoms with van der Waals surface area (Å²) in [5.41, 5.74) is 5.99. The molecular formula is C16H23ClN2O. The van der Waals surface area contributed by atoms with Crippen molar-refractivity contribution in [1.29, 1.82) is 0 Å². The van der Waals surface area contributed by atoms with Gasteiger partial charge in [0, 0.05) is 10.7 Å². The molecular weight excluding hydrogens is 272 g/mol. The maximum atomic E-state index is 12.0. The van der Waals surface area contributed by atoms with E-state index in [2.05, 4.69) is 19.2 Å². The van der Waals surface area contributed by atoms with Crippen molar-refractivity contribution in [3.8, 4) is 0 Å². The third-order valence-electron chi connectivity index (χ3n) is 4.43. The molecule has 0 aromatic heterocycles. The number of benzene rings is 1. The lowest BCUT2D eigenvalue weighted by Gasteiger charge is -2.41. The predicted molar refractivity (Wildman–Crippen MR) is 83.8 cm³/mol. The van der Waals surface area contributed by atoms with Crippen LogP contribution in [-0.4, -0.2) is 11.4 Å². The van der Waals surface area contributed by atoms with E-state index in [1.165, 1.54) is 6.42 Å². The van der Waals surface area contributed by atoms with E-state index in [4.69, 9.17) is 17.3 Å². The van der Waals surface area contributed by atoms with Gasteiger partial charge in [0.15, 0.2) is 0 Å². The molecule has 2 rings (SSSR count). The van der Waals surface area contributed by atoms with E-state index in [1.54, 1.807) is 0 Å². The highest BCUT2D eigenvalue weighted by atomic mass is 35.5. The molecule has 4 heteroatoms. The van der Waals surface area contributed by atoms with E-state index in [-0.39, 0.29) is 5.91 Å². The van der Waals surface area contributed by atoms with Crippen molar-refractivity contribution >= 4 is 23.2 Å². The molecule has 0 radical (unpaired) electrons. The molecule has 110 valence electrons. The van der Waals surface area contributed by atoms with Crippen molar-refractivity contribution in [2.24, 2.45) is 17.6 Å². The zero-order chi connectivity index (χ0) is 14.8. The minimum absolute atomic E-state index is 0.252. The minimum Gasteiger partial charge on any atom is -0.371 e. The van der Waals surface area contributed by atoms with Gasteiger partial charge in [-0.25, -0.2) is 0 Å². The van der Waals surface area contributed by atoms with Crippen LogP contribution < -0.4 is 11.1 Å². The maximum Gasteiger partial charge on any atom is 0.243 e. The molecule has 0 spiro atoms. The first-order chi connectivity index (χ1) is 9.43. The van der Waals surface area contributed by atoms with Crippen LogP contribution in [0.4, 0.5) is 5.69 Å². The molecule has 2 unspecified atom stereocenters. The molecule has 1 aromatic carbocycles. The van der Waals surface area contributed by atoms with Gasteiger partial charge in [0.1, 0.15) is 5.54 Å². The Morgan fingerprint density at radius 2 is 2.05 bits per heavy atom. The van der Waals surface area contributed by atoms with Crippen molar-refractivity contribution in [2.75, 3.05) is 5.32 Å². The van der Waals surface area contributed by atoms with Crippen molar-refractivity contribution in [3.63, 3.8) is 0 Å². The van der Waals surface area contributed by atoms with Gasteiger partial charge in [0.2, 0.25) is 5.91 Å². The summed E-state index contributed by atoms with van der Waals surface area (Å²) in [6.45, 7) is 4.42. The highest BCUT2D eigenvalue weighted by molar-refractivity contribution is 6.30. The zero-order valence-electron chi connectivity index (χ0n) is 12.2. The van der Waals surface area contributed by atoms with Crippen LogP contribution in [0.5, 0.6) is 0 Å². The first kappa shape index (κ1) is 15.2. The lowest BCUT2D eigenvalue weighted by atomic mass is 9.71. The first-order valence-corrected chi connectivity index (χ1v) is 7.64. The van der Waals surface area contributed by atoms with Crippen LogP contribution in [0.25, 0.3) is 0 Å². The topological polar surface area (TPSA) is 55.1 Å². The normalized spacial score (nSPS) is 26.5. The average Bonchev–Trinajstić information content (AvgIpc) is 2.41. The van der Waals surface area contributed by atoms with Gasteiger partial charge in [-0.15, -0.1) is 0 Å². The zero-order valence-corrected chi connectivity index (χ0v) is 12.9. The lowest BCUT2D eigenvalue weighted by Crippen LogP contribution is -2.53. The Morgan fingerprint density at radius 1 is 1.40 bits per heavy atom. The van der Waals surface area contributed by atoms with Crippen molar-refractivity contribution in [3.05, 3.63) is 29.3 Å². The van der Waals surface area contributed by atoms with Gasteiger partial charge in [-0.05, 0) is 55.4 Å². The van der Waals surface area contributed by atoms with E-state index >= 15 is 0 Å². The Balaban J connectivity index is 2.21. The Bertz CT molecular complexity index is 472. The van der Waals surface area contributed by atoms with Crippen LogP contribution in [0.15, 0.2) is 24.3 Å². The SMILES string of the molecule is CC(C)C1CCCC(Nc2ccc(Cl)cc2)(C(N)=O)C1. The summed E-state index contributed by atoms with van der Waals surface area (Å²) in [6.07, 6.45) is 3.82. The number of halogens is 1. The van der Waals surface area contributed by atoms with E-state index in [9.17, 15) is 4.79 Å². The quantitative estimate of drug-likeness (QED) is 0.887. The fourth-order valence-corrected chi connectivity index (χ4v) is 3.22. The third kappa shape index (κ3) is 3.26. The van der Waals surface area contributed by atoms with Crippen molar-refractivity contribution in [1.82, 2.24) is 0 Å². The van der Waals surface area contributed by atoms with Gasteiger partial charge in [-0.2, -0.15) is 0 Å². The molecule has 0 saturated heterocycles. The lowest BCUT2D eigenvalue weighted by molar-refractivity contribution is -0.124. The molecule has 1 aromatic rings. The van der Waals surface area contributed by atoms with Crippen LogP contribution in [0.1, 0.15) is 39.5 Å². The summed E-state index contributed by atoms with van der Waals surface area (Å²) < 4.78 is 0. The number of hydrogen-bond acceptors (Lipinski definition) is 2. The fourth-order valence-electron chi connectivity index (χ4n) is 3.10. The number of nitrogens with two attached hydrogens (primary N) is 1. The molecule has 0 bridgehead atoms. The van der Waals surface area contributed by atoms with Gasteiger partial charge < -0.3 is 11.1 Å². The number of anilines is 1. The summed E-state index contributed by atoms with van der Waals surface area (Å²) in [6, 6.07) is 7.43. The van der Waals surface area contributed by atoms with Crippen LogP contribution in [0, 0.1) is 11.8 Å². The van der Waals surface area contributed by atoms with E-state index in [1.807, 2.05) is 24.3 Å². The molecule has 0 heterocycles. The summed E-state index contributed by atoms with van der Waals surface area (Å²) >= 11 is 5.90. The number of carbonyl (C=O) groups is 1. The van der Waals surface area contributed by atoms with E-state index in [0.717, 1.165) is 24.9 Å². The average molecular weight is 295 g/mol. The number of hydrogen-bond donors (Lipinski definition) is 2. The van der Waals surface area contributed by atoms with Crippen LogP contribution >= 0.6 is 11.6 Å². The molecule has 1 aliphatic carbocycles. The number of amides is 1. The molecule has 20 heavy (non-hydrogen) atoms. The summed E-state index contributed by atoms with van der Waals surface area (Å²) in [7, 11) is 0. The second-order valence-electron chi connectivity index (χ2n) is 6.18. The molecule has 3 N–H and O–H groups in total. The van der Waals surface area contributed by atoms with Crippen LogP contribution in [-0.2, 0) is 4.79 Å². The van der Waals surface area contributed by atoms with Gasteiger partial charge >= 0.3 is 0 Å². The fraction of sp³-hybridized carbons (Fsp3) is 0.562. The standard InChI is InChI=1S/C16H23ClN2O/c1-11(2)12-4-3-9-16(10-12,15(18)20)19-14-7-5-13(17)6-8-14/h5-8,11-12,19H,3-4,9-10H2,1-2H3,(H2,18,20). The third-order valence-corrected chi connectivity index (χ3v) is 4.68. The Kier molecular flexibility index (Phi) is 4.59. The minimum atomic E-state index is -0.624. The monoisotopic (exact) mass is 294 g/mol. The van der Waals surface area contributed by atoms with Crippen LogP contribution in [0.2, 0.25) is 5.02 Å². The number of carbonyl (C=O) groups excluding carboxylic acids is 1. The van der Waals surface area contributed by atoms with Gasteiger partial charge in [0.05, 0.1) is 0 Å². The maximum absolute atomic E-state index is 12.0. The molecule has 2 atom stereocenters. The second-order valence-corrected chi connectivity index (χ2v) is 6.62. The smallest absolute Gasteiger partial charge is 0.243 e. The van der Waals surface area contributed by atoms with Gasteiger partial charge in [-0.1, -0.05) is 31.9 Å². The molecule has 1 aliphatic rings. The molecule has 1 saturated carbocycles. The number of rotatable bonds is 4. The van der Waals surface area contributed by atoms with Crippen molar-refractivity contribution in [2.45, 2.75) is 45.1 Å². The van der Waals surface area contributed by atoms with E-state index in [0.29, 0.717) is 16.9 Å². The Hall–Kier alpha value is -1.22. The first-order valence-electron chi connectivity index (χ1n) is 7.26. The van der Waals surface area contributed by atoms with Gasteiger partial charge in [0.25, 0.3) is 0 Å². The number of primary amides is 1. The van der Waals surface area contributed by atoms with Crippen LogP contribution in [0.3, 0.4) is 0 Å². The highest BCUT2D eigenvalue weighted by Gasteiger charge is 2.42. The second kappa shape index (κ2) is 6.04. The highest BCUT2D eigenvalue weighted by Crippen LogP contribution is 2.38. The van der Waals surface area contributed by atoms with Crippen molar-refractivity contribution < 1.29 is 4.79 Å². The van der Waals surface area contributed by atoms with Gasteiger partial charge in [-0.3, -0.25) is 4.79 Å².